The molecule has 18 heavy (non-hydrogen) atoms. The molecule has 0 bridgehead atoms. The first kappa shape index (κ1) is 15.3. The van der Waals surface area contributed by atoms with Crippen LogP contribution in [0.25, 0.3) is 0 Å². The summed E-state index contributed by atoms with van der Waals surface area (Å²) in [4.78, 5) is 13.3. The first-order valence-electron chi connectivity index (χ1n) is 6.51. The first-order valence-corrected chi connectivity index (χ1v) is 7.73. The van der Waals surface area contributed by atoms with E-state index in [0.717, 1.165) is 18.4 Å². The molecule has 0 amide bonds. The minimum atomic E-state index is -0.388. The average Bonchev–Trinajstić information content (AvgIpc) is 2.40. The number of thioether (sulfide) groups is 1. The second-order valence-electron chi connectivity index (χ2n) is 4.24. The molecular weight excluding hydrogens is 244 g/mol. The fraction of sp³-hybridized carbons (Fsp3) is 0.533. The summed E-state index contributed by atoms with van der Waals surface area (Å²) in [6.07, 6.45) is 4.04. The Morgan fingerprint density at radius 2 is 1.89 bits per heavy atom. The summed E-state index contributed by atoms with van der Waals surface area (Å²) < 4.78 is 5.71. The number of hydrogen-bond acceptors (Lipinski definition) is 3. The van der Waals surface area contributed by atoms with E-state index in [-0.39, 0.29) is 11.9 Å². The maximum Gasteiger partial charge on any atom is 0.166 e. The summed E-state index contributed by atoms with van der Waals surface area (Å²) >= 11 is 1.70. The van der Waals surface area contributed by atoms with Gasteiger partial charge in [-0.05, 0) is 36.8 Å². The van der Waals surface area contributed by atoms with Crippen LogP contribution >= 0.6 is 11.8 Å². The molecule has 1 aromatic rings. The summed E-state index contributed by atoms with van der Waals surface area (Å²) in [5.74, 6) is 0.183. The maximum absolute atomic E-state index is 12.1. The van der Waals surface area contributed by atoms with Crippen LogP contribution in [0.5, 0.6) is 0 Å². The fourth-order valence-electron chi connectivity index (χ4n) is 1.77. The lowest BCUT2D eigenvalue weighted by atomic mass is 10.0. The third-order valence-electron chi connectivity index (χ3n) is 2.70. The van der Waals surface area contributed by atoms with Gasteiger partial charge in [0.15, 0.2) is 5.78 Å². The lowest BCUT2D eigenvalue weighted by Gasteiger charge is -2.17. The van der Waals surface area contributed by atoms with E-state index in [1.165, 1.54) is 4.90 Å². The van der Waals surface area contributed by atoms with Crippen molar-refractivity contribution in [2.75, 3.05) is 12.9 Å². The second-order valence-corrected chi connectivity index (χ2v) is 5.12. The lowest BCUT2D eigenvalue weighted by molar-refractivity contribution is -0.131. The smallest absolute Gasteiger partial charge is 0.166 e. The van der Waals surface area contributed by atoms with Crippen LogP contribution in [0.2, 0.25) is 0 Å². The van der Waals surface area contributed by atoms with Gasteiger partial charge in [-0.1, -0.05) is 26.0 Å². The zero-order valence-electron chi connectivity index (χ0n) is 11.4. The minimum absolute atomic E-state index is 0.183. The highest BCUT2D eigenvalue weighted by Gasteiger charge is 2.19. The van der Waals surface area contributed by atoms with Gasteiger partial charge >= 0.3 is 0 Å². The second kappa shape index (κ2) is 8.33. The highest BCUT2D eigenvalue weighted by atomic mass is 32.2. The molecule has 0 aliphatic rings. The van der Waals surface area contributed by atoms with Gasteiger partial charge in [0.25, 0.3) is 0 Å². The van der Waals surface area contributed by atoms with Crippen LogP contribution in [-0.4, -0.2) is 18.6 Å². The van der Waals surface area contributed by atoms with Crippen LogP contribution in [0.15, 0.2) is 29.2 Å². The Bertz CT molecular complexity index is 359. The Kier molecular flexibility index (Phi) is 7.06. The highest BCUT2D eigenvalue weighted by Crippen LogP contribution is 2.24. The van der Waals surface area contributed by atoms with E-state index in [4.69, 9.17) is 4.74 Å². The van der Waals surface area contributed by atoms with Gasteiger partial charge in [-0.3, -0.25) is 4.79 Å². The maximum atomic E-state index is 12.1. The molecule has 0 fully saturated rings. The van der Waals surface area contributed by atoms with E-state index < -0.39 is 0 Å². The largest absolute Gasteiger partial charge is 0.366 e. The van der Waals surface area contributed by atoms with Crippen LogP contribution in [0.3, 0.4) is 0 Å². The van der Waals surface area contributed by atoms with E-state index in [1.807, 2.05) is 37.4 Å². The van der Waals surface area contributed by atoms with Crippen LogP contribution in [0.1, 0.15) is 44.8 Å². The van der Waals surface area contributed by atoms with Crippen molar-refractivity contribution in [1.29, 1.82) is 0 Å². The van der Waals surface area contributed by atoms with Crippen molar-refractivity contribution < 1.29 is 9.53 Å². The predicted molar refractivity (Wildman–Crippen MR) is 77.1 cm³/mol. The molecule has 3 heteroatoms. The molecule has 0 spiro atoms. The molecule has 0 heterocycles. The predicted octanol–water partition coefficient (Wildman–Crippen LogP) is 4.25. The molecule has 0 aliphatic carbocycles. The van der Waals surface area contributed by atoms with E-state index in [1.54, 1.807) is 11.8 Å². The molecule has 0 aliphatic heterocycles. The zero-order chi connectivity index (χ0) is 13.4. The van der Waals surface area contributed by atoms with Gasteiger partial charge in [0, 0.05) is 17.9 Å². The lowest BCUT2D eigenvalue weighted by Crippen LogP contribution is -2.16. The van der Waals surface area contributed by atoms with E-state index in [9.17, 15) is 4.79 Å². The number of benzene rings is 1. The molecule has 1 rings (SSSR count). The van der Waals surface area contributed by atoms with Crippen molar-refractivity contribution in [3.05, 3.63) is 29.8 Å². The Hall–Kier alpha value is -0.800. The minimum Gasteiger partial charge on any atom is -0.366 e. The molecule has 0 radical (unpaired) electrons. The van der Waals surface area contributed by atoms with Crippen molar-refractivity contribution >= 4 is 17.5 Å². The highest BCUT2D eigenvalue weighted by molar-refractivity contribution is 7.98. The topological polar surface area (TPSA) is 26.3 Å². The van der Waals surface area contributed by atoms with Crippen LogP contribution in [0, 0.1) is 0 Å². The van der Waals surface area contributed by atoms with Gasteiger partial charge in [0.05, 0.1) is 0 Å². The average molecular weight is 266 g/mol. The molecule has 0 saturated heterocycles. The Morgan fingerprint density at radius 1 is 1.22 bits per heavy atom. The monoisotopic (exact) mass is 266 g/mol. The summed E-state index contributed by atoms with van der Waals surface area (Å²) in [6.45, 7) is 4.70. The van der Waals surface area contributed by atoms with Crippen molar-refractivity contribution in [2.24, 2.45) is 0 Å². The molecule has 0 N–H and O–H groups in total. The Balaban J connectivity index is 2.82. The number of carbonyl (C=O) groups is 1. The van der Waals surface area contributed by atoms with Gasteiger partial charge in [-0.15, -0.1) is 11.8 Å². The van der Waals surface area contributed by atoms with Gasteiger partial charge in [-0.2, -0.15) is 0 Å². The zero-order valence-corrected chi connectivity index (χ0v) is 12.3. The summed E-state index contributed by atoms with van der Waals surface area (Å²) in [5.41, 5.74) is 0.972. The summed E-state index contributed by atoms with van der Waals surface area (Å²) in [7, 11) is 0. The third kappa shape index (κ3) is 4.46. The molecule has 1 unspecified atom stereocenters. The number of rotatable bonds is 8. The normalized spacial score (nSPS) is 12.4. The summed E-state index contributed by atoms with van der Waals surface area (Å²) in [5, 5.41) is 0. The third-order valence-corrected chi connectivity index (χ3v) is 3.44. The van der Waals surface area contributed by atoms with Crippen molar-refractivity contribution in [3.8, 4) is 0 Å². The van der Waals surface area contributed by atoms with Crippen LogP contribution in [0.4, 0.5) is 0 Å². The molecule has 1 aromatic carbocycles. The number of Topliss-reactive ketones (excluding diaryl/α,β-unsaturated/α-hetero) is 1. The first-order chi connectivity index (χ1) is 8.72. The van der Waals surface area contributed by atoms with Crippen LogP contribution < -0.4 is 0 Å². The van der Waals surface area contributed by atoms with E-state index >= 15 is 0 Å². The van der Waals surface area contributed by atoms with E-state index in [2.05, 4.69) is 6.92 Å². The van der Waals surface area contributed by atoms with Crippen molar-refractivity contribution in [2.45, 2.75) is 44.1 Å². The van der Waals surface area contributed by atoms with Crippen molar-refractivity contribution in [3.63, 3.8) is 0 Å². The Labute approximate surface area is 114 Å². The Morgan fingerprint density at radius 3 is 2.39 bits per heavy atom. The standard InChI is InChI=1S/C15H22O2S/c1-4-6-14(16)15(17-11-5-2)12-7-9-13(18-3)10-8-12/h7-10,15H,4-6,11H2,1-3H3. The SMILES string of the molecule is CCCOC(C(=O)CCC)c1ccc(SC)cc1. The van der Waals surface area contributed by atoms with E-state index in [0.29, 0.717) is 13.0 Å². The summed E-state index contributed by atoms with van der Waals surface area (Å²) in [6, 6.07) is 8.09. The number of ketones is 1. The number of ether oxygens (including phenoxy) is 1. The van der Waals surface area contributed by atoms with Gasteiger partial charge < -0.3 is 4.74 Å². The van der Waals surface area contributed by atoms with Crippen LogP contribution in [-0.2, 0) is 9.53 Å². The molecule has 100 valence electrons. The van der Waals surface area contributed by atoms with Gasteiger partial charge in [0.1, 0.15) is 6.10 Å². The van der Waals surface area contributed by atoms with Crippen molar-refractivity contribution in [1.82, 2.24) is 0 Å². The number of carbonyl (C=O) groups excluding carboxylic acids is 1. The quantitative estimate of drug-likeness (QED) is 0.658. The fourth-order valence-corrected chi connectivity index (χ4v) is 2.18. The molecule has 1 atom stereocenters. The molecule has 0 saturated carbocycles. The number of hydrogen-bond donors (Lipinski definition) is 0. The molecule has 2 nitrogen and oxygen atoms in total. The molecule has 0 aromatic heterocycles. The van der Waals surface area contributed by atoms with Gasteiger partial charge in [-0.25, -0.2) is 0 Å². The van der Waals surface area contributed by atoms with Gasteiger partial charge in [0.2, 0.25) is 0 Å². The molecular formula is C15H22O2S.